The fourth-order valence-electron chi connectivity index (χ4n) is 2.65. The molecule has 0 N–H and O–H groups in total. The number of aryl methyl sites for hydroxylation is 1. The van der Waals surface area contributed by atoms with Gasteiger partial charge >= 0.3 is 0 Å². The molecule has 128 valence electrons. The zero-order valence-electron chi connectivity index (χ0n) is 15.1. The normalized spacial score (nSPS) is 10.8. The molecule has 3 rings (SSSR count). The quantitative estimate of drug-likeness (QED) is 0.538. The molecule has 0 aliphatic heterocycles. The van der Waals surface area contributed by atoms with Crippen LogP contribution in [0.4, 0.5) is 0 Å². The lowest BCUT2D eigenvalue weighted by Gasteiger charge is -2.00. The van der Waals surface area contributed by atoms with Crippen molar-refractivity contribution >= 4 is 24.3 Å². The first-order chi connectivity index (χ1) is 13.2. The third-order valence-electron chi connectivity index (χ3n) is 4.24. The predicted molar refractivity (Wildman–Crippen MR) is 111 cm³/mol. The molecule has 2 heteroatoms. The first kappa shape index (κ1) is 17.9. The summed E-state index contributed by atoms with van der Waals surface area (Å²) in [7, 11) is 0. The van der Waals surface area contributed by atoms with Crippen molar-refractivity contribution in [3.8, 4) is 12.1 Å². The van der Waals surface area contributed by atoms with E-state index in [-0.39, 0.29) is 0 Å². The van der Waals surface area contributed by atoms with E-state index in [4.69, 9.17) is 5.26 Å². The Bertz CT molecular complexity index is 1070. The molecule has 0 aliphatic carbocycles. The zero-order chi connectivity index (χ0) is 19.1. The molecule has 0 saturated carbocycles. The van der Waals surface area contributed by atoms with Crippen LogP contribution in [0.2, 0.25) is 0 Å². The summed E-state index contributed by atoms with van der Waals surface area (Å²) >= 11 is 0. The van der Waals surface area contributed by atoms with Crippen molar-refractivity contribution in [3.63, 3.8) is 0 Å². The van der Waals surface area contributed by atoms with Gasteiger partial charge in [-0.15, -0.1) is 0 Å². The number of hydrogen-bond acceptors (Lipinski definition) is 2. The van der Waals surface area contributed by atoms with Crippen LogP contribution in [-0.2, 0) is 0 Å². The Morgan fingerprint density at radius 3 is 1.67 bits per heavy atom. The molecule has 27 heavy (non-hydrogen) atoms. The molecule has 0 bridgehead atoms. The molecule has 0 unspecified atom stereocenters. The summed E-state index contributed by atoms with van der Waals surface area (Å²) in [6.07, 6.45) is 8.00. The summed E-state index contributed by atoms with van der Waals surface area (Å²) in [6.45, 7) is 2.08. The van der Waals surface area contributed by atoms with E-state index in [9.17, 15) is 5.26 Å². The lowest BCUT2D eigenvalue weighted by atomic mass is 10.0. The first-order valence-electron chi connectivity index (χ1n) is 8.65. The van der Waals surface area contributed by atoms with Crippen LogP contribution >= 0.6 is 0 Å². The van der Waals surface area contributed by atoms with Crippen LogP contribution < -0.4 is 0 Å². The predicted octanol–water partition coefficient (Wildman–Crippen LogP) is 6.08. The summed E-state index contributed by atoms with van der Waals surface area (Å²) < 4.78 is 0. The van der Waals surface area contributed by atoms with Gasteiger partial charge in [0.05, 0.1) is 23.3 Å². The minimum Gasteiger partial charge on any atom is -0.192 e. The highest BCUT2D eigenvalue weighted by atomic mass is 14.3. The molecule has 0 fully saturated rings. The molecule has 0 aromatic heterocycles. The largest absolute Gasteiger partial charge is 0.192 e. The number of rotatable bonds is 4. The number of nitriles is 2. The van der Waals surface area contributed by atoms with Gasteiger partial charge in [0.2, 0.25) is 0 Å². The van der Waals surface area contributed by atoms with E-state index in [1.807, 2.05) is 24.3 Å². The molecule has 0 aliphatic rings. The SMILES string of the molecule is Cc1ccc(/C=C/c2ccc(/C=C/c3cc(C#N)ccc3C#N)cc2)cc1. The van der Waals surface area contributed by atoms with Crippen LogP contribution in [0, 0.1) is 29.6 Å². The van der Waals surface area contributed by atoms with Crippen molar-refractivity contribution in [2.75, 3.05) is 0 Å². The van der Waals surface area contributed by atoms with Crippen molar-refractivity contribution in [2.45, 2.75) is 6.92 Å². The maximum absolute atomic E-state index is 9.21. The van der Waals surface area contributed by atoms with Gasteiger partial charge in [0.15, 0.2) is 0 Å². The van der Waals surface area contributed by atoms with Crippen molar-refractivity contribution in [1.29, 1.82) is 10.5 Å². The third-order valence-corrected chi connectivity index (χ3v) is 4.24. The number of nitrogens with zero attached hydrogens (tertiary/aromatic N) is 2. The Kier molecular flexibility index (Phi) is 5.63. The average molecular weight is 346 g/mol. The fourth-order valence-corrected chi connectivity index (χ4v) is 2.65. The Balaban J connectivity index is 1.74. The van der Waals surface area contributed by atoms with E-state index in [0.29, 0.717) is 11.1 Å². The Hall–Kier alpha value is -3.88. The molecule has 3 aromatic rings. The van der Waals surface area contributed by atoms with Crippen molar-refractivity contribution < 1.29 is 0 Å². The zero-order valence-corrected chi connectivity index (χ0v) is 15.1. The molecule has 0 saturated heterocycles. The maximum atomic E-state index is 9.21. The maximum Gasteiger partial charge on any atom is 0.0997 e. The van der Waals surface area contributed by atoms with E-state index in [1.165, 1.54) is 11.1 Å². The van der Waals surface area contributed by atoms with Crippen LogP contribution in [0.25, 0.3) is 24.3 Å². The highest BCUT2D eigenvalue weighted by molar-refractivity contribution is 5.75. The van der Waals surface area contributed by atoms with E-state index in [2.05, 4.69) is 67.6 Å². The third kappa shape index (κ3) is 4.82. The summed E-state index contributed by atoms with van der Waals surface area (Å²) in [4.78, 5) is 0. The number of benzene rings is 3. The van der Waals surface area contributed by atoms with Gasteiger partial charge in [-0.25, -0.2) is 0 Å². The molecule has 0 radical (unpaired) electrons. The van der Waals surface area contributed by atoms with Gasteiger partial charge in [0.1, 0.15) is 0 Å². The van der Waals surface area contributed by atoms with E-state index >= 15 is 0 Å². The lowest BCUT2D eigenvalue weighted by Crippen LogP contribution is -1.84. The molecular weight excluding hydrogens is 328 g/mol. The summed E-state index contributed by atoms with van der Waals surface area (Å²) in [6, 6.07) is 25.9. The van der Waals surface area contributed by atoms with Gasteiger partial charge in [-0.1, -0.05) is 78.4 Å². The monoisotopic (exact) mass is 346 g/mol. The first-order valence-corrected chi connectivity index (χ1v) is 8.65. The molecule has 0 spiro atoms. The topological polar surface area (TPSA) is 47.6 Å². The van der Waals surface area contributed by atoms with Crippen LogP contribution in [0.1, 0.15) is 38.9 Å². The highest BCUT2D eigenvalue weighted by Gasteiger charge is 2.00. The average Bonchev–Trinajstić information content (AvgIpc) is 2.72. The van der Waals surface area contributed by atoms with Crippen molar-refractivity contribution in [3.05, 3.63) is 106 Å². The van der Waals surface area contributed by atoms with E-state index in [1.54, 1.807) is 18.2 Å². The molecular formula is C25H18N2. The second-order valence-corrected chi connectivity index (χ2v) is 6.27. The second-order valence-electron chi connectivity index (χ2n) is 6.27. The Morgan fingerprint density at radius 1 is 0.630 bits per heavy atom. The molecule has 0 heterocycles. The molecule has 2 nitrogen and oxygen atoms in total. The van der Waals surface area contributed by atoms with Crippen LogP contribution in [0.15, 0.2) is 66.7 Å². The second kappa shape index (κ2) is 8.48. The summed E-state index contributed by atoms with van der Waals surface area (Å²) in [5.74, 6) is 0. The van der Waals surface area contributed by atoms with Crippen molar-refractivity contribution in [2.24, 2.45) is 0 Å². The van der Waals surface area contributed by atoms with Gasteiger partial charge in [0.25, 0.3) is 0 Å². The summed E-state index contributed by atoms with van der Waals surface area (Å²) in [5, 5.41) is 18.2. The smallest absolute Gasteiger partial charge is 0.0997 e. The summed E-state index contributed by atoms with van der Waals surface area (Å²) in [5.41, 5.74) is 6.44. The minimum absolute atomic E-state index is 0.547. The van der Waals surface area contributed by atoms with Gasteiger partial charge in [-0.05, 0) is 47.4 Å². The Morgan fingerprint density at radius 2 is 1.15 bits per heavy atom. The van der Waals surface area contributed by atoms with E-state index in [0.717, 1.165) is 16.7 Å². The van der Waals surface area contributed by atoms with Gasteiger partial charge in [0, 0.05) is 0 Å². The van der Waals surface area contributed by atoms with Crippen LogP contribution in [-0.4, -0.2) is 0 Å². The molecule has 0 atom stereocenters. The van der Waals surface area contributed by atoms with Gasteiger partial charge in [-0.2, -0.15) is 10.5 Å². The molecule has 3 aromatic carbocycles. The lowest BCUT2D eigenvalue weighted by molar-refractivity contribution is 1.44. The van der Waals surface area contributed by atoms with Crippen LogP contribution in [0.3, 0.4) is 0 Å². The van der Waals surface area contributed by atoms with Crippen molar-refractivity contribution in [1.82, 2.24) is 0 Å². The van der Waals surface area contributed by atoms with Crippen LogP contribution in [0.5, 0.6) is 0 Å². The number of hydrogen-bond donors (Lipinski definition) is 0. The van der Waals surface area contributed by atoms with E-state index < -0.39 is 0 Å². The van der Waals surface area contributed by atoms with Gasteiger partial charge < -0.3 is 0 Å². The Labute approximate surface area is 160 Å². The highest BCUT2D eigenvalue weighted by Crippen LogP contribution is 2.16. The standard InChI is InChI=1S/C25H18N2/c1-19-2-4-20(5-3-19)6-7-21-8-10-22(11-9-21)12-14-24-16-23(17-26)13-15-25(24)18-27/h2-16H,1H3/b7-6+,14-12+. The van der Waals surface area contributed by atoms with Gasteiger partial charge in [-0.3, -0.25) is 0 Å². The minimum atomic E-state index is 0.547. The molecule has 0 amide bonds. The fraction of sp³-hybridized carbons (Fsp3) is 0.0400.